The van der Waals surface area contributed by atoms with E-state index in [-0.39, 0.29) is 17.4 Å². The molecule has 5 rings (SSSR count). The molecule has 4 nitrogen and oxygen atoms in total. The van der Waals surface area contributed by atoms with Crippen LogP contribution in [0.4, 0.5) is 0 Å². The van der Waals surface area contributed by atoms with E-state index in [2.05, 4.69) is 5.32 Å². The zero-order valence-electron chi connectivity index (χ0n) is 16.1. The van der Waals surface area contributed by atoms with Crippen molar-refractivity contribution in [3.63, 3.8) is 0 Å². The Morgan fingerprint density at radius 1 is 0.793 bits per heavy atom. The SMILES string of the molecule is O=C(NC1(c2ccc3c(c2)OCCO3)CC1)C(c1ccccc1)c1ccccc1. The van der Waals surface area contributed by atoms with Crippen molar-refractivity contribution in [3.05, 3.63) is 95.6 Å². The molecule has 0 spiro atoms. The van der Waals surface area contributed by atoms with Crippen LogP contribution in [0.2, 0.25) is 0 Å². The Morgan fingerprint density at radius 2 is 1.38 bits per heavy atom. The van der Waals surface area contributed by atoms with Gasteiger partial charge in [0.15, 0.2) is 11.5 Å². The zero-order valence-corrected chi connectivity index (χ0v) is 16.1. The molecular formula is C25H23NO3. The normalized spacial score (nSPS) is 16.3. The number of amides is 1. The minimum atomic E-state index is -0.341. The predicted octanol–water partition coefficient (Wildman–Crippen LogP) is 4.40. The monoisotopic (exact) mass is 385 g/mol. The molecule has 4 heteroatoms. The molecule has 3 aromatic carbocycles. The molecule has 1 amide bonds. The second-order valence-electron chi connectivity index (χ2n) is 7.68. The van der Waals surface area contributed by atoms with Crippen LogP contribution in [0.25, 0.3) is 0 Å². The minimum absolute atomic E-state index is 0.0230. The first-order chi connectivity index (χ1) is 14.3. The minimum Gasteiger partial charge on any atom is -0.486 e. The van der Waals surface area contributed by atoms with Crippen LogP contribution >= 0.6 is 0 Å². The lowest BCUT2D eigenvalue weighted by molar-refractivity contribution is -0.122. The average Bonchev–Trinajstić information content (AvgIpc) is 3.55. The molecule has 3 aromatic rings. The third-order valence-corrected chi connectivity index (χ3v) is 5.74. The fourth-order valence-corrected chi connectivity index (χ4v) is 4.05. The molecule has 1 N–H and O–H groups in total. The molecule has 1 aliphatic carbocycles. The van der Waals surface area contributed by atoms with Crippen molar-refractivity contribution in [1.82, 2.24) is 5.32 Å². The molecule has 146 valence electrons. The van der Waals surface area contributed by atoms with Crippen molar-refractivity contribution >= 4 is 5.91 Å². The molecule has 29 heavy (non-hydrogen) atoms. The number of carbonyl (C=O) groups excluding carboxylic acids is 1. The van der Waals surface area contributed by atoms with Gasteiger partial charge in [-0.05, 0) is 41.7 Å². The lowest BCUT2D eigenvalue weighted by Gasteiger charge is -2.25. The summed E-state index contributed by atoms with van der Waals surface area (Å²) >= 11 is 0. The van der Waals surface area contributed by atoms with Gasteiger partial charge in [-0.25, -0.2) is 0 Å². The van der Waals surface area contributed by atoms with Crippen LogP contribution in [0.3, 0.4) is 0 Å². The van der Waals surface area contributed by atoms with Gasteiger partial charge < -0.3 is 14.8 Å². The predicted molar refractivity (Wildman–Crippen MR) is 111 cm³/mol. The average molecular weight is 385 g/mol. The first kappa shape index (κ1) is 17.8. The fraction of sp³-hybridized carbons (Fsp3) is 0.240. The summed E-state index contributed by atoms with van der Waals surface area (Å²) in [5, 5.41) is 3.35. The van der Waals surface area contributed by atoms with E-state index in [1.165, 1.54) is 0 Å². The number of hydrogen-bond acceptors (Lipinski definition) is 3. The topological polar surface area (TPSA) is 47.6 Å². The van der Waals surface area contributed by atoms with Gasteiger partial charge in [-0.15, -0.1) is 0 Å². The third kappa shape index (κ3) is 3.46. The molecule has 1 fully saturated rings. The summed E-state index contributed by atoms with van der Waals surface area (Å²) < 4.78 is 11.4. The summed E-state index contributed by atoms with van der Waals surface area (Å²) in [7, 11) is 0. The number of ether oxygens (including phenoxy) is 2. The highest BCUT2D eigenvalue weighted by atomic mass is 16.6. The summed E-state index contributed by atoms with van der Waals surface area (Å²) in [6.07, 6.45) is 1.85. The van der Waals surface area contributed by atoms with E-state index in [4.69, 9.17) is 9.47 Å². The smallest absolute Gasteiger partial charge is 0.232 e. The van der Waals surface area contributed by atoms with Crippen molar-refractivity contribution in [3.8, 4) is 11.5 Å². The quantitative estimate of drug-likeness (QED) is 0.708. The van der Waals surface area contributed by atoms with Crippen molar-refractivity contribution < 1.29 is 14.3 Å². The number of hydrogen-bond donors (Lipinski definition) is 1. The third-order valence-electron chi connectivity index (χ3n) is 5.74. The lowest BCUT2D eigenvalue weighted by Crippen LogP contribution is -2.38. The van der Waals surface area contributed by atoms with Crippen molar-refractivity contribution in [1.29, 1.82) is 0 Å². The van der Waals surface area contributed by atoms with Gasteiger partial charge >= 0.3 is 0 Å². The summed E-state index contributed by atoms with van der Waals surface area (Å²) in [6.45, 7) is 1.13. The van der Waals surface area contributed by atoms with Crippen LogP contribution in [0.1, 0.15) is 35.4 Å². The number of fused-ring (bicyclic) bond motifs is 1. The number of benzene rings is 3. The second-order valence-corrected chi connectivity index (χ2v) is 7.68. The molecule has 1 saturated carbocycles. The molecule has 0 saturated heterocycles. The van der Waals surface area contributed by atoms with E-state index < -0.39 is 0 Å². The molecule has 0 aromatic heterocycles. The summed E-state index contributed by atoms with van der Waals surface area (Å²) in [5.41, 5.74) is 2.74. The lowest BCUT2D eigenvalue weighted by atomic mass is 9.89. The number of carbonyl (C=O) groups is 1. The standard InChI is InChI=1S/C25H23NO3/c27-24(23(18-7-3-1-4-8-18)19-9-5-2-6-10-19)26-25(13-14-25)20-11-12-21-22(17-20)29-16-15-28-21/h1-12,17,23H,13-16H2,(H,26,27). The number of rotatable bonds is 5. The molecule has 2 aliphatic rings. The van der Waals surface area contributed by atoms with Gasteiger partial charge in [-0.1, -0.05) is 66.7 Å². The molecule has 0 radical (unpaired) electrons. The fourth-order valence-electron chi connectivity index (χ4n) is 4.05. The van der Waals surface area contributed by atoms with Crippen LogP contribution in [0, 0.1) is 0 Å². The van der Waals surface area contributed by atoms with Crippen LogP contribution in [0.5, 0.6) is 11.5 Å². The van der Waals surface area contributed by atoms with Crippen LogP contribution in [-0.2, 0) is 10.3 Å². The van der Waals surface area contributed by atoms with Crippen molar-refractivity contribution in [2.75, 3.05) is 13.2 Å². The van der Waals surface area contributed by atoms with E-state index in [0.717, 1.165) is 41.0 Å². The first-order valence-corrected chi connectivity index (χ1v) is 10.1. The molecule has 0 atom stereocenters. The Balaban J connectivity index is 1.44. The molecule has 1 heterocycles. The Labute approximate surface area is 170 Å². The molecule has 0 unspecified atom stereocenters. The Kier molecular flexibility index (Phi) is 4.47. The molecular weight excluding hydrogens is 362 g/mol. The van der Waals surface area contributed by atoms with Crippen LogP contribution in [0.15, 0.2) is 78.9 Å². The van der Waals surface area contributed by atoms with Gasteiger partial charge in [0.1, 0.15) is 13.2 Å². The van der Waals surface area contributed by atoms with E-state index in [1.54, 1.807) is 0 Å². The van der Waals surface area contributed by atoms with Gasteiger partial charge in [0.05, 0.1) is 11.5 Å². The van der Waals surface area contributed by atoms with Crippen molar-refractivity contribution in [2.45, 2.75) is 24.3 Å². The maximum absolute atomic E-state index is 13.5. The summed E-state index contributed by atoms with van der Waals surface area (Å²) in [5.74, 6) is 1.22. The first-order valence-electron chi connectivity index (χ1n) is 10.1. The Bertz CT molecular complexity index is 973. The maximum Gasteiger partial charge on any atom is 0.232 e. The van der Waals surface area contributed by atoms with Gasteiger partial charge in [-0.2, -0.15) is 0 Å². The van der Waals surface area contributed by atoms with Crippen LogP contribution < -0.4 is 14.8 Å². The highest BCUT2D eigenvalue weighted by molar-refractivity contribution is 5.88. The second kappa shape index (κ2) is 7.28. The summed E-state index contributed by atoms with van der Waals surface area (Å²) in [6, 6.07) is 25.9. The molecule has 0 bridgehead atoms. The van der Waals surface area contributed by atoms with E-state index in [9.17, 15) is 4.79 Å². The maximum atomic E-state index is 13.5. The Hall–Kier alpha value is -3.27. The Morgan fingerprint density at radius 3 is 1.97 bits per heavy atom. The summed E-state index contributed by atoms with van der Waals surface area (Å²) in [4.78, 5) is 13.5. The van der Waals surface area contributed by atoms with Gasteiger partial charge in [0.25, 0.3) is 0 Å². The van der Waals surface area contributed by atoms with Gasteiger partial charge in [-0.3, -0.25) is 4.79 Å². The van der Waals surface area contributed by atoms with Crippen molar-refractivity contribution in [2.24, 2.45) is 0 Å². The van der Waals surface area contributed by atoms with Crippen LogP contribution in [-0.4, -0.2) is 19.1 Å². The van der Waals surface area contributed by atoms with Gasteiger partial charge in [0, 0.05) is 0 Å². The number of nitrogens with one attached hydrogen (secondary N) is 1. The van der Waals surface area contributed by atoms with E-state index in [0.29, 0.717) is 13.2 Å². The zero-order chi connectivity index (χ0) is 19.7. The largest absolute Gasteiger partial charge is 0.486 e. The highest BCUT2D eigenvalue weighted by Crippen LogP contribution is 2.48. The van der Waals surface area contributed by atoms with E-state index >= 15 is 0 Å². The van der Waals surface area contributed by atoms with E-state index in [1.807, 2.05) is 78.9 Å². The molecule has 1 aliphatic heterocycles. The van der Waals surface area contributed by atoms with Gasteiger partial charge in [0.2, 0.25) is 5.91 Å². The highest BCUT2D eigenvalue weighted by Gasteiger charge is 2.47.